The van der Waals surface area contributed by atoms with E-state index in [9.17, 15) is 19.5 Å². The Morgan fingerprint density at radius 2 is 2.07 bits per heavy atom. The molecule has 0 aliphatic carbocycles. The first-order chi connectivity index (χ1) is 13.6. The summed E-state index contributed by atoms with van der Waals surface area (Å²) in [5.74, 6) is -3.35. The lowest BCUT2D eigenvalue weighted by molar-refractivity contribution is -0.152. The average molecular weight is 408 g/mol. The topological polar surface area (TPSA) is 107 Å². The lowest BCUT2D eigenvalue weighted by atomic mass is 9.70. The molecule has 2 amide bonds. The number of aliphatic hydroxyl groups excluding tert-OH is 1. The zero-order valence-corrected chi connectivity index (χ0v) is 17.5. The maximum Gasteiger partial charge on any atom is 0.310 e. The Kier molecular flexibility index (Phi) is 5.80. The number of ether oxygens (including phenoxy) is 1. The minimum Gasteiger partial charge on any atom is -0.481 e. The van der Waals surface area contributed by atoms with Crippen molar-refractivity contribution in [2.45, 2.75) is 69.7 Å². The number of carboxylic acid groups (broad SMARTS) is 1. The van der Waals surface area contributed by atoms with Gasteiger partial charge in [-0.3, -0.25) is 14.4 Å². The molecule has 2 bridgehead atoms. The standard InChI is InChI=1S/C21H32N2O6/c1-5-10-23(20(2,3)4)18(26)16-21-9-8-13(29-21)14(19(27)28)15(21)17(25)22(16)11-6-7-12-24/h5,13-16,24H,1,6-12H2,2-4H3,(H,27,28)/t13-,14+,15+,16-,21+/m1/s1. The molecule has 0 aromatic heterocycles. The number of hydrogen-bond acceptors (Lipinski definition) is 5. The van der Waals surface area contributed by atoms with E-state index in [4.69, 9.17) is 9.84 Å². The summed E-state index contributed by atoms with van der Waals surface area (Å²) in [4.78, 5) is 42.3. The average Bonchev–Trinajstić information content (AvgIpc) is 3.26. The second kappa shape index (κ2) is 7.72. The van der Waals surface area contributed by atoms with Crippen LogP contribution < -0.4 is 0 Å². The highest BCUT2D eigenvalue weighted by atomic mass is 16.5. The molecule has 8 heteroatoms. The van der Waals surface area contributed by atoms with Crippen LogP contribution in [0.1, 0.15) is 46.5 Å². The zero-order valence-electron chi connectivity index (χ0n) is 17.5. The van der Waals surface area contributed by atoms with Gasteiger partial charge in [0.1, 0.15) is 11.6 Å². The van der Waals surface area contributed by atoms with Gasteiger partial charge in [-0.25, -0.2) is 0 Å². The molecule has 0 radical (unpaired) electrons. The number of fused-ring (bicyclic) bond motifs is 1. The first-order valence-corrected chi connectivity index (χ1v) is 10.3. The molecule has 1 spiro atoms. The molecular formula is C21H32N2O6. The van der Waals surface area contributed by atoms with Crippen molar-refractivity contribution >= 4 is 17.8 Å². The predicted octanol–water partition coefficient (Wildman–Crippen LogP) is 1.03. The Balaban J connectivity index is 2.03. The molecule has 5 atom stereocenters. The minimum atomic E-state index is -1.09. The van der Waals surface area contributed by atoms with Crippen LogP contribution in [-0.2, 0) is 19.1 Å². The minimum absolute atomic E-state index is 0.00385. The van der Waals surface area contributed by atoms with Crippen LogP contribution in [0.4, 0.5) is 0 Å². The number of carboxylic acids is 1. The predicted molar refractivity (Wildman–Crippen MR) is 105 cm³/mol. The number of nitrogens with zero attached hydrogens (tertiary/aromatic N) is 2. The Hall–Kier alpha value is -1.93. The molecule has 3 heterocycles. The van der Waals surface area contributed by atoms with Crippen LogP contribution >= 0.6 is 0 Å². The molecule has 3 aliphatic rings. The van der Waals surface area contributed by atoms with Crippen LogP contribution in [0.25, 0.3) is 0 Å². The van der Waals surface area contributed by atoms with Crippen molar-refractivity contribution in [3.8, 4) is 0 Å². The van der Waals surface area contributed by atoms with Gasteiger partial charge >= 0.3 is 5.97 Å². The highest BCUT2D eigenvalue weighted by molar-refractivity contribution is 5.98. The number of carbonyl (C=O) groups excluding carboxylic acids is 2. The molecule has 3 aliphatic heterocycles. The number of aliphatic carboxylic acids is 1. The molecule has 0 aromatic carbocycles. The van der Waals surface area contributed by atoms with Crippen molar-refractivity contribution in [1.82, 2.24) is 9.80 Å². The van der Waals surface area contributed by atoms with Crippen molar-refractivity contribution in [3.63, 3.8) is 0 Å². The van der Waals surface area contributed by atoms with Gasteiger partial charge in [-0.15, -0.1) is 6.58 Å². The van der Waals surface area contributed by atoms with Crippen LogP contribution in [-0.4, -0.2) is 80.8 Å². The SMILES string of the molecule is C=CCN(C(=O)[C@H]1N(CCCCO)C(=O)[C@@H]2[C@@H](C(=O)O)[C@H]3CC[C@]21O3)C(C)(C)C. The smallest absolute Gasteiger partial charge is 0.310 e. The molecule has 3 rings (SSSR count). The van der Waals surface area contributed by atoms with Crippen LogP contribution in [0.5, 0.6) is 0 Å². The van der Waals surface area contributed by atoms with Gasteiger partial charge in [-0.2, -0.15) is 0 Å². The van der Waals surface area contributed by atoms with E-state index < -0.39 is 41.1 Å². The highest BCUT2D eigenvalue weighted by Crippen LogP contribution is 2.58. The van der Waals surface area contributed by atoms with E-state index >= 15 is 0 Å². The first kappa shape index (κ1) is 21.8. The fourth-order valence-electron chi connectivity index (χ4n) is 5.32. The van der Waals surface area contributed by atoms with E-state index in [0.29, 0.717) is 38.8 Å². The maximum atomic E-state index is 13.8. The summed E-state index contributed by atoms with van der Waals surface area (Å²) in [7, 11) is 0. The van der Waals surface area contributed by atoms with Gasteiger partial charge in [0, 0.05) is 25.2 Å². The quantitative estimate of drug-likeness (QED) is 0.459. The first-order valence-electron chi connectivity index (χ1n) is 10.3. The summed E-state index contributed by atoms with van der Waals surface area (Å²) in [5.41, 5.74) is -1.59. The number of likely N-dealkylation sites (tertiary alicyclic amines) is 1. The van der Waals surface area contributed by atoms with Crippen LogP contribution in [0, 0.1) is 11.8 Å². The lowest BCUT2D eigenvalue weighted by Gasteiger charge is -2.42. The van der Waals surface area contributed by atoms with E-state index in [0.717, 1.165) is 0 Å². The van der Waals surface area contributed by atoms with Crippen LogP contribution in [0.15, 0.2) is 12.7 Å². The molecule has 162 valence electrons. The molecule has 0 saturated carbocycles. The number of amides is 2. The lowest BCUT2D eigenvalue weighted by Crippen LogP contribution is -2.59. The third-order valence-corrected chi connectivity index (χ3v) is 6.51. The van der Waals surface area contributed by atoms with Gasteiger partial charge < -0.3 is 24.7 Å². The molecule has 29 heavy (non-hydrogen) atoms. The fourth-order valence-corrected chi connectivity index (χ4v) is 5.32. The van der Waals surface area contributed by atoms with E-state index in [2.05, 4.69) is 6.58 Å². The van der Waals surface area contributed by atoms with E-state index in [1.54, 1.807) is 11.0 Å². The zero-order chi connectivity index (χ0) is 21.6. The summed E-state index contributed by atoms with van der Waals surface area (Å²) in [5, 5.41) is 18.9. The Morgan fingerprint density at radius 1 is 1.38 bits per heavy atom. The van der Waals surface area contributed by atoms with Crippen molar-refractivity contribution < 1.29 is 29.3 Å². The van der Waals surface area contributed by atoms with Crippen LogP contribution in [0.3, 0.4) is 0 Å². The summed E-state index contributed by atoms with van der Waals surface area (Å²) in [6.45, 7) is 10.1. The van der Waals surface area contributed by atoms with E-state index in [1.807, 2.05) is 20.8 Å². The van der Waals surface area contributed by atoms with Gasteiger partial charge in [-0.05, 0) is 46.5 Å². The van der Waals surface area contributed by atoms with Crippen molar-refractivity contribution in [3.05, 3.63) is 12.7 Å². The molecule has 3 fully saturated rings. The fraction of sp³-hybridized carbons (Fsp3) is 0.762. The maximum absolute atomic E-state index is 13.8. The van der Waals surface area contributed by atoms with Crippen molar-refractivity contribution in [1.29, 1.82) is 0 Å². The summed E-state index contributed by atoms with van der Waals surface area (Å²) < 4.78 is 6.17. The number of unbranched alkanes of at least 4 members (excludes halogenated alkanes) is 1. The molecule has 2 N–H and O–H groups in total. The van der Waals surface area contributed by atoms with E-state index in [1.165, 1.54) is 4.90 Å². The molecular weight excluding hydrogens is 376 g/mol. The molecule has 0 aromatic rings. The summed E-state index contributed by atoms with van der Waals surface area (Å²) >= 11 is 0. The normalized spacial score (nSPS) is 33.1. The second-order valence-corrected chi connectivity index (χ2v) is 9.26. The monoisotopic (exact) mass is 408 g/mol. The third-order valence-electron chi connectivity index (χ3n) is 6.51. The molecule has 3 saturated heterocycles. The number of hydrogen-bond donors (Lipinski definition) is 2. The second-order valence-electron chi connectivity index (χ2n) is 9.26. The van der Waals surface area contributed by atoms with Crippen molar-refractivity contribution in [2.24, 2.45) is 11.8 Å². The van der Waals surface area contributed by atoms with Crippen molar-refractivity contribution in [2.75, 3.05) is 19.7 Å². The number of aliphatic hydroxyl groups is 1. The van der Waals surface area contributed by atoms with Crippen LogP contribution in [0.2, 0.25) is 0 Å². The van der Waals surface area contributed by atoms with Gasteiger partial charge in [0.25, 0.3) is 0 Å². The Morgan fingerprint density at radius 3 is 2.62 bits per heavy atom. The third kappa shape index (κ3) is 3.36. The summed E-state index contributed by atoms with van der Waals surface area (Å²) in [6.07, 6.45) is 3.19. The van der Waals surface area contributed by atoms with Gasteiger partial charge in [-0.1, -0.05) is 6.08 Å². The largest absolute Gasteiger partial charge is 0.481 e. The Bertz CT molecular complexity index is 702. The number of rotatable bonds is 8. The van der Waals surface area contributed by atoms with Gasteiger partial charge in [0.15, 0.2) is 0 Å². The van der Waals surface area contributed by atoms with Gasteiger partial charge in [0.2, 0.25) is 11.8 Å². The molecule has 0 unspecified atom stereocenters. The molecule has 8 nitrogen and oxygen atoms in total. The summed E-state index contributed by atoms with van der Waals surface area (Å²) in [6, 6.07) is -0.854. The highest BCUT2D eigenvalue weighted by Gasteiger charge is 2.74. The van der Waals surface area contributed by atoms with E-state index in [-0.39, 0.29) is 18.4 Å². The number of carbonyl (C=O) groups is 3. The Labute approximate surface area is 171 Å². The van der Waals surface area contributed by atoms with Gasteiger partial charge in [0.05, 0.1) is 17.9 Å².